The molecule has 0 saturated carbocycles. The highest BCUT2D eigenvalue weighted by Crippen LogP contribution is 2.08. The lowest BCUT2D eigenvalue weighted by Gasteiger charge is -2.28. The largest absolute Gasteiger partial charge is 0.394 e. The maximum absolute atomic E-state index is 9.33. The summed E-state index contributed by atoms with van der Waals surface area (Å²) < 4.78 is 0. The van der Waals surface area contributed by atoms with Gasteiger partial charge in [-0.15, -0.1) is 0 Å². The number of aliphatic hydroxyl groups excluding tert-OH is 3. The number of hydrogen-bond acceptors (Lipinski definition) is 4. The van der Waals surface area contributed by atoms with E-state index >= 15 is 0 Å². The summed E-state index contributed by atoms with van der Waals surface area (Å²) in [4.78, 5) is 1.80. The second-order valence-electron chi connectivity index (χ2n) is 3.37. The van der Waals surface area contributed by atoms with Crippen LogP contribution in [0.4, 0.5) is 0 Å². The van der Waals surface area contributed by atoms with Gasteiger partial charge in [-0.2, -0.15) is 0 Å². The lowest BCUT2D eigenvalue weighted by molar-refractivity contribution is 0.00790. The smallest absolute Gasteiger partial charge is 0.0926 e. The highest BCUT2D eigenvalue weighted by Gasteiger charge is 2.21. The van der Waals surface area contributed by atoms with Crippen LogP contribution in [0.2, 0.25) is 0 Å². The molecule has 3 N–H and O–H groups in total. The van der Waals surface area contributed by atoms with Crippen molar-refractivity contribution in [1.82, 2.24) is 4.90 Å². The van der Waals surface area contributed by atoms with Crippen LogP contribution in [0.1, 0.15) is 13.3 Å². The van der Waals surface area contributed by atoms with Gasteiger partial charge in [0, 0.05) is 6.04 Å². The van der Waals surface area contributed by atoms with Gasteiger partial charge in [0.2, 0.25) is 0 Å². The van der Waals surface area contributed by atoms with E-state index in [-0.39, 0.29) is 12.6 Å². The third-order valence-corrected chi connectivity index (χ3v) is 1.88. The molecule has 0 aromatic rings. The summed E-state index contributed by atoms with van der Waals surface area (Å²) in [5.41, 5.74) is 0. The van der Waals surface area contributed by atoms with Crippen molar-refractivity contribution in [3.05, 3.63) is 0 Å². The number of nitrogens with zero attached hydrogens (tertiary/aromatic N) is 1. The molecule has 0 aromatic heterocycles. The average molecular weight is 177 g/mol. The molecular weight excluding hydrogens is 158 g/mol. The third-order valence-electron chi connectivity index (χ3n) is 1.88. The van der Waals surface area contributed by atoms with E-state index in [9.17, 15) is 5.11 Å². The van der Waals surface area contributed by atoms with Crippen LogP contribution in [0.3, 0.4) is 0 Å². The lowest BCUT2D eigenvalue weighted by atomic mass is 10.0. The Morgan fingerprint density at radius 3 is 2.00 bits per heavy atom. The third kappa shape index (κ3) is 4.01. The second-order valence-corrected chi connectivity index (χ2v) is 3.37. The van der Waals surface area contributed by atoms with Crippen LogP contribution >= 0.6 is 0 Å². The number of rotatable bonds is 5. The standard InChI is InChI=1S/C8H19NO3/c1-6(11)4-7(9(2)3)8(12)5-10/h6-8,10-12H,4-5H2,1-3H3. The molecule has 3 unspecified atom stereocenters. The summed E-state index contributed by atoms with van der Waals surface area (Å²) >= 11 is 0. The Bertz CT molecular complexity index is 117. The summed E-state index contributed by atoms with van der Waals surface area (Å²) in [5.74, 6) is 0. The van der Waals surface area contributed by atoms with Gasteiger partial charge < -0.3 is 20.2 Å². The molecule has 0 bridgehead atoms. The molecule has 0 aliphatic rings. The van der Waals surface area contributed by atoms with Crippen molar-refractivity contribution in [3.8, 4) is 0 Å². The van der Waals surface area contributed by atoms with Crippen LogP contribution in [0, 0.1) is 0 Å². The van der Waals surface area contributed by atoms with Gasteiger partial charge in [-0.05, 0) is 27.4 Å². The van der Waals surface area contributed by atoms with Crippen LogP contribution in [0.15, 0.2) is 0 Å². The molecule has 0 aromatic carbocycles. The molecule has 0 rings (SSSR count). The molecule has 0 aliphatic carbocycles. The van der Waals surface area contributed by atoms with E-state index in [0.717, 1.165) is 0 Å². The molecular formula is C8H19NO3. The molecule has 4 nitrogen and oxygen atoms in total. The monoisotopic (exact) mass is 177 g/mol. The van der Waals surface area contributed by atoms with Gasteiger partial charge >= 0.3 is 0 Å². The van der Waals surface area contributed by atoms with Crippen LogP contribution in [0.5, 0.6) is 0 Å². The summed E-state index contributed by atoms with van der Waals surface area (Å²) in [5, 5.41) is 27.1. The molecule has 0 heterocycles. The van der Waals surface area contributed by atoms with Crippen molar-refractivity contribution in [3.63, 3.8) is 0 Å². The van der Waals surface area contributed by atoms with E-state index in [2.05, 4.69) is 0 Å². The van der Waals surface area contributed by atoms with Gasteiger partial charge in [0.1, 0.15) is 0 Å². The van der Waals surface area contributed by atoms with Gasteiger partial charge in [-0.3, -0.25) is 0 Å². The van der Waals surface area contributed by atoms with Crippen molar-refractivity contribution >= 4 is 0 Å². The molecule has 0 amide bonds. The highest BCUT2D eigenvalue weighted by molar-refractivity contribution is 4.76. The molecule has 0 aliphatic heterocycles. The van der Waals surface area contributed by atoms with E-state index < -0.39 is 12.2 Å². The van der Waals surface area contributed by atoms with E-state index in [0.29, 0.717) is 6.42 Å². The fourth-order valence-corrected chi connectivity index (χ4v) is 1.18. The second kappa shape index (κ2) is 5.48. The fourth-order valence-electron chi connectivity index (χ4n) is 1.18. The van der Waals surface area contributed by atoms with Crippen LogP contribution in [-0.4, -0.2) is 59.2 Å². The van der Waals surface area contributed by atoms with Crippen molar-refractivity contribution < 1.29 is 15.3 Å². The first-order chi connectivity index (χ1) is 5.49. The van der Waals surface area contributed by atoms with Crippen LogP contribution in [0.25, 0.3) is 0 Å². The maximum Gasteiger partial charge on any atom is 0.0926 e. The Kier molecular flexibility index (Phi) is 5.41. The van der Waals surface area contributed by atoms with Crippen molar-refractivity contribution in [2.24, 2.45) is 0 Å². The predicted molar refractivity (Wildman–Crippen MR) is 46.9 cm³/mol. The predicted octanol–water partition coefficient (Wildman–Crippen LogP) is -0.959. The number of hydrogen-bond donors (Lipinski definition) is 3. The minimum absolute atomic E-state index is 0.185. The molecule has 12 heavy (non-hydrogen) atoms. The maximum atomic E-state index is 9.33. The Morgan fingerprint density at radius 2 is 1.75 bits per heavy atom. The lowest BCUT2D eigenvalue weighted by Crippen LogP contribution is -2.42. The van der Waals surface area contributed by atoms with E-state index in [4.69, 9.17) is 10.2 Å². The van der Waals surface area contributed by atoms with Gasteiger partial charge in [-0.25, -0.2) is 0 Å². The minimum Gasteiger partial charge on any atom is -0.394 e. The summed E-state index contributed by atoms with van der Waals surface area (Å²) in [7, 11) is 3.62. The Labute approximate surface area is 73.4 Å². The van der Waals surface area contributed by atoms with Crippen molar-refractivity contribution in [2.75, 3.05) is 20.7 Å². The van der Waals surface area contributed by atoms with Gasteiger partial charge in [0.25, 0.3) is 0 Å². The molecule has 0 fully saturated rings. The quantitative estimate of drug-likeness (QED) is 0.506. The normalized spacial score (nSPS) is 19.2. The SMILES string of the molecule is CC(O)CC(C(O)CO)N(C)C. The van der Waals surface area contributed by atoms with E-state index in [1.54, 1.807) is 11.8 Å². The first-order valence-corrected chi connectivity index (χ1v) is 4.12. The summed E-state index contributed by atoms with van der Waals surface area (Å²) in [6.45, 7) is 1.40. The molecule has 0 radical (unpaired) electrons. The zero-order valence-corrected chi connectivity index (χ0v) is 7.94. The number of likely N-dealkylation sites (N-methyl/N-ethyl adjacent to an activating group) is 1. The molecule has 3 atom stereocenters. The zero-order chi connectivity index (χ0) is 9.72. The van der Waals surface area contributed by atoms with Crippen LogP contribution < -0.4 is 0 Å². The Morgan fingerprint density at radius 1 is 1.25 bits per heavy atom. The molecule has 74 valence electrons. The topological polar surface area (TPSA) is 63.9 Å². The Hall–Kier alpha value is -0.160. The highest BCUT2D eigenvalue weighted by atomic mass is 16.3. The van der Waals surface area contributed by atoms with E-state index in [1.165, 1.54) is 0 Å². The summed E-state index contributed by atoms with van der Waals surface area (Å²) in [6, 6.07) is -0.185. The average Bonchev–Trinajstić information content (AvgIpc) is 1.98. The molecule has 0 saturated heterocycles. The first kappa shape index (κ1) is 11.8. The summed E-state index contributed by atoms with van der Waals surface area (Å²) in [6.07, 6.45) is -0.775. The molecule has 4 heteroatoms. The van der Waals surface area contributed by atoms with Gasteiger partial charge in [0.05, 0.1) is 18.8 Å². The van der Waals surface area contributed by atoms with Gasteiger partial charge in [-0.1, -0.05) is 0 Å². The van der Waals surface area contributed by atoms with E-state index in [1.807, 2.05) is 14.1 Å². The van der Waals surface area contributed by atoms with Gasteiger partial charge in [0.15, 0.2) is 0 Å². The molecule has 0 spiro atoms. The van der Waals surface area contributed by atoms with Crippen molar-refractivity contribution in [2.45, 2.75) is 31.6 Å². The Balaban J connectivity index is 4.03. The fraction of sp³-hybridized carbons (Fsp3) is 1.00. The first-order valence-electron chi connectivity index (χ1n) is 4.12. The van der Waals surface area contributed by atoms with Crippen molar-refractivity contribution in [1.29, 1.82) is 0 Å². The zero-order valence-electron chi connectivity index (χ0n) is 7.94. The van der Waals surface area contributed by atoms with Crippen LogP contribution in [-0.2, 0) is 0 Å². The number of aliphatic hydroxyl groups is 3. The minimum atomic E-state index is -0.783.